The van der Waals surface area contributed by atoms with Gasteiger partial charge in [0.1, 0.15) is 6.10 Å². The zero-order valence-electron chi connectivity index (χ0n) is 15.0. The standard InChI is InChI=1S/C22H27NO2/c1-2-18-9-13-20(14-10-18)22(24)25-21-15-11-19(12-16-21)8-6-4-3-5-7-17-23/h3-5,7,9-10,13-14,19,21H,2,6,8,11-12,15-16H2,1H3. The Labute approximate surface area is 151 Å². The monoisotopic (exact) mass is 337 g/mol. The Morgan fingerprint density at radius 3 is 2.56 bits per heavy atom. The molecule has 1 aliphatic carbocycles. The number of hydrogen-bond acceptors (Lipinski definition) is 3. The molecule has 0 amide bonds. The van der Waals surface area contributed by atoms with Crippen molar-refractivity contribution >= 4 is 5.97 Å². The molecule has 0 unspecified atom stereocenters. The highest BCUT2D eigenvalue weighted by Crippen LogP contribution is 2.30. The van der Waals surface area contributed by atoms with Crippen LogP contribution in [0.15, 0.2) is 48.6 Å². The largest absolute Gasteiger partial charge is 0.459 e. The van der Waals surface area contributed by atoms with Crippen LogP contribution in [0.1, 0.15) is 61.4 Å². The van der Waals surface area contributed by atoms with E-state index in [9.17, 15) is 4.79 Å². The fraction of sp³-hybridized carbons (Fsp3) is 0.455. The summed E-state index contributed by atoms with van der Waals surface area (Å²) in [6.45, 7) is 2.10. The quantitative estimate of drug-likeness (QED) is 0.381. The summed E-state index contributed by atoms with van der Waals surface area (Å²) in [5.41, 5.74) is 1.88. The van der Waals surface area contributed by atoms with Crippen molar-refractivity contribution in [2.45, 2.75) is 58.0 Å². The van der Waals surface area contributed by atoms with E-state index >= 15 is 0 Å². The molecule has 132 valence electrons. The first-order chi connectivity index (χ1) is 12.2. The van der Waals surface area contributed by atoms with Crippen LogP contribution in [-0.2, 0) is 11.2 Å². The van der Waals surface area contributed by atoms with Crippen molar-refractivity contribution in [3.8, 4) is 6.07 Å². The van der Waals surface area contributed by atoms with E-state index in [0.29, 0.717) is 11.5 Å². The van der Waals surface area contributed by atoms with E-state index < -0.39 is 0 Å². The first-order valence-electron chi connectivity index (χ1n) is 9.24. The van der Waals surface area contributed by atoms with E-state index in [1.165, 1.54) is 11.6 Å². The summed E-state index contributed by atoms with van der Waals surface area (Å²) in [7, 11) is 0. The predicted octanol–water partition coefficient (Wildman–Crippen LogP) is 5.38. The number of benzene rings is 1. The molecular weight excluding hydrogens is 310 g/mol. The Bertz CT molecular complexity index is 629. The number of aryl methyl sites for hydroxylation is 1. The Balaban J connectivity index is 1.69. The number of carbonyl (C=O) groups excluding carboxylic acids is 1. The number of rotatable bonds is 7. The topological polar surface area (TPSA) is 50.1 Å². The summed E-state index contributed by atoms with van der Waals surface area (Å²) < 4.78 is 5.68. The SMILES string of the molecule is CCc1ccc(C(=O)OC2CCC(CCC=CC=CC#N)CC2)cc1. The van der Waals surface area contributed by atoms with E-state index in [1.807, 2.05) is 36.4 Å². The highest BCUT2D eigenvalue weighted by atomic mass is 16.5. The molecule has 0 radical (unpaired) electrons. The molecule has 0 bridgehead atoms. The highest BCUT2D eigenvalue weighted by Gasteiger charge is 2.23. The summed E-state index contributed by atoms with van der Waals surface area (Å²) in [5.74, 6) is 0.515. The van der Waals surface area contributed by atoms with Crippen molar-refractivity contribution in [2.24, 2.45) is 5.92 Å². The van der Waals surface area contributed by atoms with Gasteiger partial charge < -0.3 is 4.74 Å². The Kier molecular flexibility index (Phi) is 7.98. The molecule has 3 nitrogen and oxygen atoms in total. The summed E-state index contributed by atoms with van der Waals surface area (Å²) >= 11 is 0. The smallest absolute Gasteiger partial charge is 0.338 e. The molecule has 25 heavy (non-hydrogen) atoms. The molecule has 0 N–H and O–H groups in total. The van der Waals surface area contributed by atoms with Crippen molar-refractivity contribution in [2.75, 3.05) is 0 Å². The molecule has 0 aliphatic heterocycles. The summed E-state index contributed by atoms with van der Waals surface area (Å²) in [6, 6.07) is 9.68. The van der Waals surface area contributed by atoms with Crippen molar-refractivity contribution in [3.63, 3.8) is 0 Å². The number of nitriles is 1. The molecule has 0 atom stereocenters. The van der Waals surface area contributed by atoms with Gasteiger partial charge >= 0.3 is 5.97 Å². The van der Waals surface area contributed by atoms with Crippen LogP contribution in [0, 0.1) is 17.2 Å². The second-order valence-electron chi connectivity index (χ2n) is 6.59. The van der Waals surface area contributed by atoms with Gasteiger partial charge in [-0.3, -0.25) is 0 Å². The third kappa shape index (κ3) is 6.58. The summed E-state index contributed by atoms with van der Waals surface area (Å²) in [5, 5.41) is 8.40. The zero-order valence-corrected chi connectivity index (χ0v) is 15.0. The maximum atomic E-state index is 12.2. The van der Waals surface area contributed by atoms with Gasteiger partial charge in [-0.15, -0.1) is 0 Å². The molecule has 0 saturated heterocycles. The van der Waals surface area contributed by atoms with Crippen molar-refractivity contribution in [3.05, 3.63) is 59.7 Å². The van der Waals surface area contributed by atoms with Gasteiger partial charge in [0.05, 0.1) is 11.6 Å². The van der Waals surface area contributed by atoms with Gasteiger partial charge in [-0.1, -0.05) is 37.3 Å². The number of allylic oxidation sites excluding steroid dienone is 4. The maximum Gasteiger partial charge on any atom is 0.338 e. The summed E-state index contributed by atoms with van der Waals surface area (Å²) in [6.07, 6.45) is 14.7. The molecule has 1 aromatic rings. The molecule has 1 aromatic carbocycles. The Hall–Kier alpha value is -2.34. The fourth-order valence-electron chi connectivity index (χ4n) is 3.24. The minimum Gasteiger partial charge on any atom is -0.459 e. The molecular formula is C22H27NO2. The van der Waals surface area contributed by atoms with Gasteiger partial charge in [0, 0.05) is 6.08 Å². The van der Waals surface area contributed by atoms with Gasteiger partial charge in [-0.2, -0.15) is 5.26 Å². The van der Waals surface area contributed by atoms with Crippen LogP contribution in [0.2, 0.25) is 0 Å². The number of ether oxygens (including phenoxy) is 1. The average Bonchev–Trinajstić information content (AvgIpc) is 2.66. The fourth-order valence-corrected chi connectivity index (χ4v) is 3.24. The van der Waals surface area contributed by atoms with Crippen molar-refractivity contribution in [1.82, 2.24) is 0 Å². The average molecular weight is 337 g/mol. The number of hydrogen-bond donors (Lipinski definition) is 0. The van der Waals surface area contributed by atoms with Gasteiger partial charge in [0.25, 0.3) is 0 Å². The van der Waals surface area contributed by atoms with Gasteiger partial charge in [0.15, 0.2) is 0 Å². The van der Waals surface area contributed by atoms with Crippen LogP contribution < -0.4 is 0 Å². The van der Waals surface area contributed by atoms with Gasteiger partial charge in [-0.05, 0) is 68.6 Å². The zero-order chi connectivity index (χ0) is 17.9. The predicted molar refractivity (Wildman–Crippen MR) is 100 cm³/mol. The second kappa shape index (κ2) is 10.5. The van der Waals surface area contributed by atoms with Gasteiger partial charge in [-0.25, -0.2) is 4.79 Å². The van der Waals surface area contributed by atoms with E-state index in [0.717, 1.165) is 44.9 Å². The third-order valence-electron chi connectivity index (χ3n) is 4.82. The lowest BCUT2D eigenvalue weighted by molar-refractivity contribution is 0.0162. The van der Waals surface area contributed by atoms with Crippen LogP contribution >= 0.6 is 0 Å². The number of nitrogens with zero attached hydrogens (tertiary/aromatic N) is 1. The second-order valence-corrected chi connectivity index (χ2v) is 6.59. The maximum absolute atomic E-state index is 12.2. The number of esters is 1. The molecule has 1 fully saturated rings. The molecule has 0 heterocycles. The normalized spacial score (nSPS) is 20.6. The van der Waals surface area contributed by atoms with E-state index in [1.54, 1.807) is 6.08 Å². The minimum absolute atomic E-state index is 0.0590. The summed E-state index contributed by atoms with van der Waals surface area (Å²) in [4.78, 5) is 12.2. The van der Waals surface area contributed by atoms with E-state index in [-0.39, 0.29) is 12.1 Å². The highest BCUT2D eigenvalue weighted by molar-refractivity contribution is 5.89. The van der Waals surface area contributed by atoms with Crippen molar-refractivity contribution < 1.29 is 9.53 Å². The van der Waals surface area contributed by atoms with Gasteiger partial charge in [0.2, 0.25) is 0 Å². The minimum atomic E-state index is -0.196. The molecule has 1 saturated carbocycles. The first kappa shape index (κ1) is 19.0. The first-order valence-corrected chi connectivity index (χ1v) is 9.24. The number of carbonyl (C=O) groups is 1. The van der Waals surface area contributed by atoms with Crippen LogP contribution in [0.25, 0.3) is 0 Å². The van der Waals surface area contributed by atoms with Crippen molar-refractivity contribution in [1.29, 1.82) is 5.26 Å². The van der Waals surface area contributed by atoms with E-state index in [4.69, 9.17) is 10.00 Å². The molecule has 0 spiro atoms. The lowest BCUT2D eigenvalue weighted by atomic mass is 9.84. The molecule has 3 heteroatoms. The van der Waals surface area contributed by atoms with Crippen LogP contribution in [0.4, 0.5) is 0 Å². The third-order valence-corrected chi connectivity index (χ3v) is 4.82. The van der Waals surface area contributed by atoms with E-state index in [2.05, 4.69) is 13.0 Å². The molecule has 0 aromatic heterocycles. The Morgan fingerprint density at radius 1 is 1.20 bits per heavy atom. The lowest BCUT2D eigenvalue weighted by Gasteiger charge is -2.28. The van der Waals surface area contributed by atoms with Crippen LogP contribution in [0.5, 0.6) is 0 Å². The van der Waals surface area contributed by atoms with Crippen LogP contribution in [-0.4, -0.2) is 12.1 Å². The lowest BCUT2D eigenvalue weighted by Crippen LogP contribution is -2.24. The molecule has 1 aliphatic rings. The van der Waals surface area contributed by atoms with Crippen LogP contribution in [0.3, 0.4) is 0 Å². The Morgan fingerprint density at radius 2 is 1.92 bits per heavy atom. The molecule has 2 rings (SSSR count).